The van der Waals surface area contributed by atoms with E-state index in [1.165, 1.54) is 0 Å². The summed E-state index contributed by atoms with van der Waals surface area (Å²) in [6, 6.07) is 0. The Morgan fingerprint density at radius 3 is 2.64 bits per heavy atom. The maximum Gasteiger partial charge on any atom is 0.274 e. The van der Waals surface area contributed by atoms with Crippen LogP contribution in [0, 0.1) is 5.41 Å². The number of ether oxygens (including phenoxy) is 1. The number of rotatable bonds is 4. The first-order valence-corrected chi connectivity index (χ1v) is 8.94. The van der Waals surface area contributed by atoms with Gasteiger partial charge in [-0.3, -0.25) is 9.78 Å². The van der Waals surface area contributed by atoms with E-state index in [1.54, 1.807) is 19.5 Å². The largest absolute Gasteiger partial charge is 0.387 e. The second-order valence-corrected chi connectivity index (χ2v) is 7.78. The molecule has 0 radical (unpaired) electrons. The van der Waals surface area contributed by atoms with Gasteiger partial charge in [-0.1, -0.05) is 13.8 Å². The lowest BCUT2D eigenvalue weighted by Crippen LogP contribution is -2.59. The first-order valence-electron chi connectivity index (χ1n) is 8.94. The van der Waals surface area contributed by atoms with Crippen molar-refractivity contribution in [2.45, 2.75) is 38.7 Å². The third-order valence-corrected chi connectivity index (χ3v) is 5.58. The highest BCUT2D eigenvalue weighted by Crippen LogP contribution is 2.39. The molecule has 2 aliphatic rings. The molecular formula is C18H28N4O3. The SMILES string of the molecule is COC[C@]1(O)CCN(c2cncc(C(=O)N3CCCC3)n2)CC1(C)C. The van der Waals surface area contributed by atoms with Crippen LogP contribution < -0.4 is 4.90 Å². The van der Waals surface area contributed by atoms with E-state index in [0.29, 0.717) is 37.6 Å². The summed E-state index contributed by atoms with van der Waals surface area (Å²) in [5, 5.41) is 10.9. The summed E-state index contributed by atoms with van der Waals surface area (Å²) in [5.74, 6) is 0.650. The fourth-order valence-electron chi connectivity index (χ4n) is 3.76. The number of likely N-dealkylation sites (tertiary alicyclic amines) is 1. The van der Waals surface area contributed by atoms with Crippen molar-refractivity contribution >= 4 is 11.7 Å². The molecule has 7 nitrogen and oxygen atoms in total. The molecule has 2 fully saturated rings. The summed E-state index contributed by atoms with van der Waals surface area (Å²) >= 11 is 0. The average molecular weight is 348 g/mol. The number of carbonyl (C=O) groups is 1. The smallest absolute Gasteiger partial charge is 0.274 e. The lowest BCUT2D eigenvalue weighted by Gasteiger charge is -2.50. The molecule has 1 aromatic heterocycles. The Balaban J connectivity index is 1.77. The van der Waals surface area contributed by atoms with Crippen LogP contribution in [0.15, 0.2) is 12.4 Å². The topological polar surface area (TPSA) is 78.8 Å². The number of nitrogens with zero attached hydrogens (tertiary/aromatic N) is 4. The van der Waals surface area contributed by atoms with Gasteiger partial charge in [-0.25, -0.2) is 4.98 Å². The molecule has 1 amide bonds. The third-order valence-electron chi connectivity index (χ3n) is 5.58. The molecule has 2 saturated heterocycles. The minimum absolute atomic E-state index is 0.0426. The highest BCUT2D eigenvalue weighted by molar-refractivity contribution is 5.92. The highest BCUT2D eigenvalue weighted by Gasteiger charge is 2.48. The first kappa shape index (κ1) is 18.1. The van der Waals surface area contributed by atoms with Crippen molar-refractivity contribution in [1.82, 2.24) is 14.9 Å². The number of piperidine rings is 1. The monoisotopic (exact) mass is 348 g/mol. The second-order valence-electron chi connectivity index (χ2n) is 7.78. The van der Waals surface area contributed by atoms with Gasteiger partial charge in [-0.2, -0.15) is 0 Å². The molecule has 25 heavy (non-hydrogen) atoms. The third kappa shape index (κ3) is 3.48. The molecule has 0 aromatic carbocycles. The van der Waals surface area contributed by atoms with Crippen molar-refractivity contribution in [1.29, 1.82) is 0 Å². The molecule has 0 unspecified atom stereocenters. The van der Waals surface area contributed by atoms with Crippen molar-refractivity contribution in [3.05, 3.63) is 18.1 Å². The van der Waals surface area contributed by atoms with Gasteiger partial charge in [0.15, 0.2) is 0 Å². The molecule has 0 bridgehead atoms. The number of carbonyl (C=O) groups excluding carboxylic acids is 1. The average Bonchev–Trinajstić information content (AvgIpc) is 3.12. The predicted molar refractivity (Wildman–Crippen MR) is 94.6 cm³/mol. The van der Waals surface area contributed by atoms with Crippen LogP contribution in [-0.2, 0) is 4.74 Å². The Labute approximate surface area is 149 Å². The summed E-state index contributed by atoms with van der Waals surface area (Å²) in [7, 11) is 1.61. The number of anilines is 1. The summed E-state index contributed by atoms with van der Waals surface area (Å²) in [4.78, 5) is 25.3. The number of methoxy groups -OCH3 is 1. The molecule has 0 aliphatic carbocycles. The van der Waals surface area contributed by atoms with Crippen LogP contribution in [0.2, 0.25) is 0 Å². The zero-order valence-corrected chi connectivity index (χ0v) is 15.4. The summed E-state index contributed by atoms with van der Waals surface area (Å²) in [6.07, 6.45) is 5.92. The van der Waals surface area contributed by atoms with Crippen LogP contribution in [0.25, 0.3) is 0 Å². The van der Waals surface area contributed by atoms with Gasteiger partial charge in [0.05, 0.1) is 24.6 Å². The molecule has 7 heteroatoms. The lowest BCUT2D eigenvalue weighted by atomic mass is 9.70. The number of hydrogen-bond donors (Lipinski definition) is 1. The van der Waals surface area contributed by atoms with Crippen molar-refractivity contribution in [3.8, 4) is 0 Å². The zero-order chi connectivity index (χ0) is 18.1. The van der Waals surface area contributed by atoms with Crippen LogP contribution >= 0.6 is 0 Å². The van der Waals surface area contributed by atoms with E-state index in [0.717, 1.165) is 25.9 Å². The maximum atomic E-state index is 12.5. The summed E-state index contributed by atoms with van der Waals surface area (Å²) in [5.41, 5.74) is -0.832. The summed E-state index contributed by atoms with van der Waals surface area (Å²) in [6.45, 7) is 7.25. The number of amides is 1. The van der Waals surface area contributed by atoms with E-state index in [2.05, 4.69) is 14.9 Å². The van der Waals surface area contributed by atoms with Gasteiger partial charge in [-0.15, -0.1) is 0 Å². The van der Waals surface area contributed by atoms with Crippen molar-refractivity contribution in [3.63, 3.8) is 0 Å². The fraction of sp³-hybridized carbons (Fsp3) is 0.722. The molecule has 1 atom stereocenters. The Kier molecular flexibility index (Phi) is 4.97. The van der Waals surface area contributed by atoms with E-state index >= 15 is 0 Å². The molecule has 1 aromatic rings. The second kappa shape index (κ2) is 6.88. The van der Waals surface area contributed by atoms with Gasteiger partial charge in [0.2, 0.25) is 0 Å². The Bertz CT molecular complexity index is 631. The molecule has 2 aliphatic heterocycles. The standard InChI is InChI=1S/C18H28N4O3/c1-17(2)12-22(9-6-18(17,24)13-25-3)15-11-19-10-14(20-15)16(23)21-7-4-5-8-21/h10-11,24H,4-9,12-13H2,1-3H3/t18-/m1/s1. The van der Waals surface area contributed by atoms with E-state index in [4.69, 9.17) is 4.74 Å². The first-order chi connectivity index (χ1) is 11.9. The Morgan fingerprint density at radius 2 is 2.00 bits per heavy atom. The highest BCUT2D eigenvalue weighted by atomic mass is 16.5. The van der Waals surface area contributed by atoms with E-state index in [1.807, 2.05) is 18.7 Å². The fourth-order valence-corrected chi connectivity index (χ4v) is 3.76. The van der Waals surface area contributed by atoms with Gasteiger partial charge in [-0.05, 0) is 19.3 Å². The van der Waals surface area contributed by atoms with Gasteiger partial charge in [0.25, 0.3) is 5.91 Å². The molecule has 3 heterocycles. The molecule has 3 rings (SSSR count). The Hall–Kier alpha value is -1.73. The quantitative estimate of drug-likeness (QED) is 0.884. The van der Waals surface area contributed by atoms with Crippen LogP contribution in [0.1, 0.15) is 43.6 Å². The van der Waals surface area contributed by atoms with Gasteiger partial charge >= 0.3 is 0 Å². The zero-order valence-electron chi connectivity index (χ0n) is 15.4. The molecule has 0 spiro atoms. The van der Waals surface area contributed by atoms with Crippen LogP contribution in [-0.4, -0.2) is 71.4 Å². The van der Waals surface area contributed by atoms with E-state index in [9.17, 15) is 9.90 Å². The molecule has 1 N–H and O–H groups in total. The lowest BCUT2D eigenvalue weighted by molar-refractivity contribution is -0.122. The minimum Gasteiger partial charge on any atom is -0.387 e. The molecular weight excluding hydrogens is 320 g/mol. The van der Waals surface area contributed by atoms with Crippen molar-refractivity contribution in [2.24, 2.45) is 5.41 Å². The minimum atomic E-state index is -0.866. The van der Waals surface area contributed by atoms with Crippen molar-refractivity contribution in [2.75, 3.05) is 44.8 Å². The van der Waals surface area contributed by atoms with E-state index < -0.39 is 5.60 Å². The van der Waals surface area contributed by atoms with Gasteiger partial charge in [0, 0.05) is 38.7 Å². The molecule has 0 saturated carbocycles. The van der Waals surface area contributed by atoms with Gasteiger partial charge in [0.1, 0.15) is 11.5 Å². The maximum absolute atomic E-state index is 12.5. The van der Waals surface area contributed by atoms with Crippen LogP contribution in [0.4, 0.5) is 5.82 Å². The number of aromatic nitrogens is 2. The summed E-state index contributed by atoms with van der Waals surface area (Å²) < 4.78 is 5.22. The van der Waals surface area contributed by atoms with Crippen molar-refractivity contribution < 1.29 is 14.6 Å². The number of aliphatic hydroxyl groups is 1. The molecule has 138 valence electrons. The van der Waals surface area contributed by atoms with E-state index in [-0.39, 0.29) is 11.3 Å². The predicted octanol–water partition coefficient (Wildman–Crippen LogP) is 1.33. The van der Waals surface area contributed by atoms with Crippen LogP contribution in [0.5, 0.6) is 0 Å². The Morgan fingerprint density at radius 1 is 1.28 bits per heavy atom. The number of hydrogen-bond acceptors (Lipinski definition) is 6. The van der Waals surface area contributed by atoms with Gasteiger partial charge < -0.3 is 19.6 Å². The normalized spacial score (nSPS) is 26.1. The van der Waals surface area contributed by atoms with Crippen LogP contribution in [0.3, 0.4) is 0 Å².